The molecule has 3 N–H and O–H groups in total. The summed E-state index contributed by atoms with van der Waals surface area (Å²) in [6.07, 6.45) is 1.47. The van der Waals surface area contributed by atoms with Gasteiger partial charge in [-0.05, 0) is 43.9 Å². The first-order valence-corrected chi connectivity index (χ1v) is 6.04. The monoisotopic (exact) mass is 240 g/mol. The molecule has 94 valence electrons. The number of aliphatic hydroxyl groups excluding tert-OH is 1. The molecule has 0 aromatic rings. The normalized spacial score (nSPS) is 51.5. The number of carboxylic acid groups (broad SMARTS) is 2. The van der Waals surface area contributed by atoms with Gasteiger partial charge in [0.2, 0.25) is 0 Å². The van der Waals surface area contributed by atoms with Crippen LogP contribution in [-0.2, 0) is 9.59 Å². The molecule has 5 nitrogen and oxygen atoms in total. The second-order valence-corrected chi connectivity index (χ2v) is 6.14. The third-order valence-electron chi connectivity index (χ3n) is 5.17. The van der Waals surface area contributed by atoms with Crippen molar-refractivity contribution < 1.29 is 24.9 Å². The minimum absolute atomic E-state index is 0.0961. The summed E-state index contributed by atoms with van der Waals surface area (Å²) in [6.45, 7) is 0. The van der Waals surface area contributed by atoms with Crippen LogP contribution in [0.15, 0.2) is 0 Å². The fourth-order valence-electron chi connectivity index (χ4n) is 4.68. The second kappa shape index (κ2) is 3.02. The minimum atomic E-state index is -1.21. The van der Waals surface area contributed by atoms with Gasteiger partial charge >= 0.3 is 11.9 Å². The number of aliphatic hydroxyl groups is 1. The first-order valence-electron chi connectivity index (χ1n) is 6.04. The van der Waals surface area contributed by atoms with Gasteiger partial charge in [-0.3, -0.25) is 9.59 Å². The molecule has 0 aromatic carbocycles. The van der Waals surface area contributed by atoms with Crippen LogP contribution in [0, 0.1) is 22.7 Å². The Hall–Kier alpha value is -1.10. The van der Waals surface area contributed by atoms with Crippen LogP contribution in [0.4, 0.5) is 0 Å². The zero-order valence-electron chi connectivity index (χ0n) is 9.43. The molecule has 5 atom stereocenters. The number of carboxylic acids is 2. The van der Waals surface area contributed by atoms with Crippen molar-refractivity contribution in [1.82, 2.24) is 0 Å². The molecule has 17 heavy (non-hydrogen) atoms. The van der Waals surface area contributed by atoms with Crippen molar-refractivity contribution in [2.45, 2.75) is 38.2 Å². The highest BCUT2D eigenvalue weighted by molar-refractivity contribution is 5.81. The van der Waals surface area contributed by atoms with Crippen LogP contribution in [0.2, 0.25) is 0 Å². The van der Waals surface area contributed by atoms with Crippen molar-refractivity contribution in [1.29, 1.82) is 0 Å². The van der Waals surface area contributed by atoms with Gasteiger partial charge in [-0.25, -0.2) is 0 Å². The molecule has 0 heterocycles. The fourth-order valence-corrected chi connectivity index (χ4v) is 4.68. The lowest BCUT2D eigenvalue weighted by Crippen LogP contribution is -2.64. The third-order valence-corrected chi connectivity index (χ3v) is 5.17. The highest BCUT2D eigenvalue weighted by Crippen LogP contribution is 2.65. The van der Waals surface area contributed by atoms with Crippen LogP contribution in [-0.4, -0.2) is 33.4 Å². The molecule has 5 unspecified atom stereocenters. The van der Waals surface area contributed by atoms with Gasteiger partial charge in [0.25, 0.3) is 0 Å². The van der Waals surface area contributed by atoms with Crippen molar-refractivity contribution in [2.24, 2.45) is 22.7 Å². The first-order chi connectivity index (χ1) is 7.90. The van der Waals surface area contributed by atoms with Gasteiger partial charge in [-0.15, -0.1) is 0 Å². The van der Waals surface area contributed by atoms with E-state index in [1.807, 2.05) is 0 Å². The molecular formula is C12H16O5. The van der Waals surface area contributed by atoms with Gasteiger partial charge in [0.15, 0.2) is 0 Å². The summed E-state index contributed by atoms with van der Waals surface area (Å²) in [4.78, 5) is 22.9. The van der Waals surface area contributed by atoms with Crippen molar-refractivity contribution in [3.63, 3.8) is 0 Å². The molecule has 0 aliphatic heterocycles. The van der Waals surface area contributed by atoms with Gasteiger partial charge in [0, 0.05) is 0 Å². The molecule has 5 heteroatoms. The molecule has 4 saturated carbocycles. The summed E-state index contributed by atoms with van der Waals surface area (Å²) in [5, 5.41) is 28.9. The van der Waals surface area contributed by atoms with Gasteiger partial charge < -0.3 is 15.3 Å². The lowest BCUT2D eigenvalue weighted by atomic mass is 9.43. The Morgan fingerprint density at radius 3 is 2.35 bits per heavy atom. The number of hydrogen-bond donors (Lipinski definition) is 3. The van der Waals surface area contributed by atoms with Crippen molar-refractivity contribution >= 4 is 11.9 Å². The Morgan fingerprint density at radius 2 is 1.76 bits per heavy atom. The molecule has 0 amide bonds. The van der Waals surface area contributed by atoms with E-state index >= 15 is 0 Å². The van der Waals surface area contributed by atoms with Crippen LogP contribution in [0.5, 0.6) is 0 Å². The van der Waals surface area contributed by atoms with E-state index < -0.39 is 28.9 Å². The Labute approximate surface area is 98.4 Å². The predicted octanol–water partition coefficient (Wildman–Crippen LogP) is 0.713. The fraction of sp³-hybridized carbons (Fsp3) is 0.833. The van der Waals surface area contributed by atoms with Crippen molar-refractivity contribution in [3.8, 4) is 0 Å². The molecule has 0 saturated heterocycles. The maximum atomic E-state index is 11.5. The average molecular weight is 240 g/mol. The van der Waals surface area contributed by atoms with Crippen LogP contribution in [0.25, 0.3) is 0 Å². The van der Waals surface area contributed by atoms with Crippen LogP contribution >= 0.6 is 0 Å². The molecule has 4 fully saturated rings. The van der Waals surface area contributed by atoms with Crippen LogP contribution in [0.1, 0.15) is 32.1 Å². The highest BCUT2D eigenvalue weighted by Gasteiger charge is 2.67. The Bertz CT molecular complexity index is 406. The Balaban J connectivity index is 2.08. The average Bonchev–Trinajstić information content (AvgIpc) is 2.24. The van der Waals surface area contributed by atoms with Gasteiger partial charge in [-0.1, -0.05) is 0 Å². The van der Waals surface area contributed by atoms with Crippen LogP contribution < -0.4 is 0 Å². The Kier molecular flexibility index (Phi) is 1.95. The molecule has 0 aromatic heterocycles. The van der Waals surface area contributed by atoms with Gasteiger partial charge in [0.1, 0.15) is 0 Å². The minimum Gasteiger partial charge on any atom is -0.481 e. The lowest BCUT2D eigenvalue weighted by molar-refractivity contribution is -0.215. The molecule has 0 radical (unpaired) electrons. The summed E-state index contributed by atoms with van der Waals surface area (Å²) in [6, 6.07) is 0. The summed E-state index contributed by atoms with van der Waals surface area (Å²) in [7, 11) is 0. The van der Waals surface area contributed by atoms with Gasteiger partial charge in [0.05, 0.1) is 16.9 Å². The van der Waals surface area contributed by atoms with E-state index in [-0.39, 0.29) is 18.3 Å². The number of rotatable bonds is 2. The van der Waals surface area contributed by atoms with E-state index in [1.165, 1.54) is 0 Å². The van der Waals surface area contributed by atoms with Crippen molar-refractivity contribution in [3.05, 3.63) is 0 Å². The van der Waals surface area contributed by atoms with E-state index in [9.17, 15) is 24.9 Å². The van der Waals surface area contributed by atoms with E-state index in [2.05, 4.69) is 0 Å². The van der Waals surface area contributed by atoms with E-state index in [1.54, 1.807) is 0 Å². The SMILES string of the molecule is O=C(O)C12CC3CC(C1)C(O)C(C(=O)O)(C3)C2. The predicted molar refractivity (Wildman–Crippen MR) is 56.2 cm³/mol. The topological polar surface area (TPSA) is 94.8 Å². The van der Waals surface area contributed by atoms with E-state index in [4.69, 9.17) is 0 Å². The molecule has 4 aliphatic carbocycles. The molecule has 0 spiro atoms. The first kappa shape index (κ1) is 11.0. The van der Waals surface area contributed by atoms with Crippen LogP contribution in [0.3, 0.4) is 0 Å². The quantitative estimate of drug-likeness (QED) is 0.660. The molecular weight excluding hydrogens is 224 g/mol. The summed E-state index contributed by atoms with van der Waals surface area (Å²) in [5.41, 5.74) is -2.11. The van der Waals surface area contributed by atoms with Gasteiger partial charge in [-0.2, -0.15) is 0 Å². The second-order valence-electron chi connectivity index (χ2n) is 6.14. The summed E-state index contributed by atoms with van der Waals surface area (Å²) in [5.74, 6) is -1.91. The molecule has 4 bridgehead atoms. The standard InChI is InChI=1S/C12H16O5/c13-8-7-1-6-2-11(4-7,9(14)15)5-12(8,3-6)10(16)17/h6-8,13H,1-5H2,(H,14,15)(H,16,17). The smallest absolute Gasteiger partial charge is 0.312 e. The summed E-state index contributed by atoms with van der Waals surface area (Å²) >= 11 is 0. The number of aliphatic carboxylic acids is 2. The maximum Gasteiger partial charge on any atom is 0.312 e. The summed E-state index contributed by atoms with van der Waals surface area (Å²) < 4.78 is 0. The highest BCUT2D eigenvalue weighted by atomic mass is 16.4. The van der Waals surface area contributed by atoms with Crippen molar-refractivity contribution in [2.75, 3.05) is 0 Å². The Morgan fingerprint density at radius 1 is 1.06 bits per heavy atom. The number of carbonyl (C=O) groups is 2. The zero-order chi connectivity index (χ0) is 12.4. The van der Waals surface area contributed by atoms with E-state index in [0.29, 0.717) is 19.3 Å². The molecule has 4 rings (SSSR count). The lowest BCUT2D eigenvalue weighted by Gasteiger charge is -2.60. The molecule has 4 aliphatic rings. The number of hydrogen-bond acceptors (Lipinski definition) is 3. The maximum absolute atomic E-state index is 11.5. The van der Waals surface area contributed by atoms with E-state index in [0.717, 1.165) is 6.42 Å². The largest absolute Gasteiger partial charge is 0.481 e. The zero-order valence-corrected chi connectivity index (χ0v) is 9.43. The third kappa shape index (κ3) is 1.18.